The second-order valence-corrected chi connectivity index (χ2v) is 5.14. The van der Waals surface area contributed by atoms with Crippen LogP contribution in [-0.2, 0) is 10.2 Å². The molecule has 3 rings (SSSR count). The predicted molar refractivity (Wildman–Crippen MR) is 76.8 cm³/mol. The molecule has 2 aromatic carbocycles. The van der Waals surface area contributed by atoms with Gasteiger partial charge in [0, 0.05) is 5.69 Å². The quantitative estimate of drug-likeness (QED) is 0.842. The van der Waals surface area contributed by atoms with Gasteiger partial charge >= 0.3 is 0 Å². The lowest BCUT2D eigenvalue weighted by atomic mass is 9.95. The number of benzene rings is 2. The van der Waals surface area contributed by atoms with Crippen molar-refractivity contribution in [1.29, 1.82) is 0 Å². The molecule has 1 saturated carbocycles. The van der Waals surface area contributed by atoms with E-state index in [0.717, 1.165) is 18.4 Å². The first-order valence-electron chi connectivity index (χ1n) is 6.54. The molecule has 1 aliphatic carbocycles. The van der Waals surface area contributed by atoms with Crippen molar-refractivity contribution in [1.82, 2.24) is 0 Å². The maximum atomic E-state index is 13.4. The molecule has 0 bridgehead atoms. The molecule has 0 aromatic heterocycles. The first-order valence-corrected chi connectivity index (χ1v) is 6.54. The molecule has 4 heteroatoms. The van der Waals surface area contributed by atoms with Crippen LogP contribution in [-0.4, -0.2) is 5.91 Å². The summed E-state index contributed by atoms with van der Waals surface area (Å²) in [5, 5.41) is 2.78. The molecule has 0 spiro atoms. The van der Waals surface area contributed by atoms with Crippen LogP contribution in [0.5, 0.6) is 0 Å². The average Bonchev–Trinajstić information content (AvgIpc) is 3.26. The van der Waals surface area contributed by atoms with Gasteiger partial charge in [-0.1, -0.05) is 30.3 Å². The van der Waals surface area contributed by atoms with Crippen molar-refractivity contribution >= 4 is 17.3 Å². The summed E-state index contributed by atoms with van der Waals surface area (Å²) >= 11 is 0. The average molecular weight is 270 g/mol. The largest absolute Gasteiger partial charge is 0.396 e. The highest BCUT2D eigenvalue weighted by Crippen LogP contribution is 2.48. The Kier molecular flexibility index (Phi) is 2.93. The zero-order valence-electron chi connectivity index (χ0n) is 10.9. The van der Waals surface area contributed by atoms with Gasteiger partial charge in [-0.05, 0) is 36.6 Å². The summed E-state index contributed by atoms with van der Waals surface area (Å²) in [6.45, 7) is 0. The van der Waals surface area contributed by atoms with Gasteiger partial charge in [0.1, 0.15) is 5.82 Å². The molecule has 0 unspecified atom stereocenters. The van der Waals surface area contributed by atoms with Crippen molar-refractivity contribution in [2.24, 2.45) is 0 Å². The number of amides is 1. The number of hydrogen-bond acceptors (Lipinski definition) is 2. The lowest BCUT2D eigenvalue weighted by Gasteiger charge is -2.16. The second-order valence-electron chi connectivity index (χ2n) is 5.14. The molecule has 2 aromatic rings. The summed E-state index contributed by atoms with van der Waals surface area (Å²) in [6.07, 6.45) is 1.64. The van der Waals surface area contributed by atoms with Crippen LogP contribution in [0.25, 0.3) is 0 Å². The zero-order chi connectivity index (χ0) is 14.2. The van der Waals surface area contributed by atoms with Crippen molar-refractivity contribution in [3.05, 3.63) is 59.9 Å². The summed E-state index contributed by atoms with van der Waals surface area (Å²) in [5.74, 6) is -0.611. The molecule has 3 nitrogen and oxygen atoms in total. The smallest absolute Gasteiger partial charge is 0.235 e. The molecular weight excluding hydrogens is 255 g/mol. The van der Waals surface area contributed by atoms with E-state index in [4.69, 9.17) is 5.73 Å². The van der Waals surface area contributed by atoms with Gasteiger partial charge in [-0.3, -0.25) is 4.79 Å². The summed E-state index contributed by atoms with van der Waals surface area (Å²) in [6, 6.07) is 14.0. The molecule has 0 saturated heterocycles. The maximum absolute atomic E-state index is 13.4. The molecule has 0 heterocycles. The maximum Gasteiger partial charge on any atom is 0.235 e. The number of nitrogens with two attached hydrogens (primary N) is 1. The van der Waals surface area contributed by atoms with Gasteiger partial charge in [-0.2, -0.15) is 0 Å². The van der Waals surface area contributed by atoms with Crippen molar-refractivity contribution in [2.45, 2.75) is 18.3 Å². The molecule has 102 valence electrons. The van der Waals surface area contributed by atoms with E-state index in [1.165, 1.54) is 12.1 Å². The molecule has 20 heavy (non-hydrogen) atoms. The van der Waals surface area contributed by atoms with E-state index >= 15 is 0 Å². The molecule has 0 radical (unpaired) electrons. The van der Waals surface area contributed by atoms with Crippen LogP contribution in [0.3, 0.4) is 0 Å². The predicted octanol–water partition coefficient (Wildman–Crippen LogP) is 3.08. The van der Waals surface area contributed by atoms with Gasteiger partial charge in [0.05, 0.1) is 11.1 Å². The van der Waals surface area contributed by atoms with Crippen LogP contribution in [0.4, 0.5) is 15.8 Å². The second kappa shape index (κ2) is 4.63. The molecule has 1 fully saturated rings. The Morgan fingerprint density at radius 3 is 2.45 bits per heavy atom. The van der Waals surface area contributed by atoms with E-state index in [0.29, 0.717) is 5.69 Å². The number of hydrogen-bond donors (Lipinski definition) is 2. The highest BCUT2D eigenvalue weighted by Gasteiger charge is 2.51. The van der Waals surface area contributed by atoms with Crippen LogP contribution in [0.1, 0.15) is 18.4 Å². The van der Waals surface area contributed by atoms with Crippen LogP contribution >= 0.6 is 0 Å². The summed E-state index contributed by atoms with van der Waals surface area (Å²) in [7, 11) is 0. The SMILES string of the molecule is Nc1ccc(NC(=O)C2(c3ccccc3)CC2)cc1F. The van der Waals surface area contributed by atoms with E-state index in [1.54, 1.807) is 6.07 Å². The number of nitrogen functional groups attached to an aromatic ring is 1. The van der Waals surface area contributed by atoms with Crippen LogP contribution in [0, 0.1) is 5.82 Å². The van der Waals surface area contributed by atoms with E-state index in [2.05, 4.69) is 5.32 Å². The fourth-order valence-corrected chi connectivity index (χ4v) is 2.38. The fraction of sp³-hybridized carbons (Fsp3) is 0.188. The van der Waals surface area contributed by atoms with Gasteiger partial charge in [0.2, 0.25) is 5.91 Å². The third kappa shape index (κ3) is 2.13. The Labute approximate surface area is 116 Å². The number of carbonyl (C=O) groups excluding carboxylic acids is 1. The van der Waals surface area contributed by atoms with Gasteiger partial charge in [0.25, 0.3) is 0 Å². The molecule has 1 amide bonds. The molecule has 3 N–H and O–H groups in total. The third-order valence-electron chi connectivity index (χ3n) is 3.77. The lowest BCUT2D eigenvalue weighted by Crippen LogP contribution is -2.27. The minimum absolute atomic E-state index is 0.0761. The van der Waals surface area contributed by atoms with Gasteiger partial charge in [-0.25, -0.2) is 4.39 Å². The van der Waals surface area contributed by atoms with Gasteiger partial charge in [-0.15, -0.1) is 0 Å². The highest BCUT2D eigenvalue weighted by molar-refractivity contribution is 6.01. The Morgan fingerprint density at radius 2 is 1.85 bits per heavy atom. The first kappa shape index (κ1) is 12.7. The lowest BCUT2D eigenvalue weighted by molar-refractivity contribution is -0.118. The number of halogens is 1. The van der Waals surface area contributed by atoms with Gasteiger partial charge in [0.15, 0.2) is 0 Å². The number of carbonyl (C=O) groups is 1. The Bertz CT molecular complexity index is 651. The third-order valence-corrected chi connectivity index (χ3v) is 3.77. The topological polar surface area (TPSA) is 55.1 Å². The summed E-state index contributed by atoms with van der Waals surface area (Å²) in [4.78, 5) is 12.4. The van der Waals surface area contributed by atoms with Crippen molar-refractivity contribution in [3.8, 4) is 0 Å². The fourth-order valence-electron chi connectivity index (χ4n) is 2.38. The standard InChI is InChI=1S/C16H15FN2O/c17-13-10-12(6-7-14(13)18)19-15(20)16(8-9-16)11-4-2-1-3-5-11/h1-7,10H,8-9,18H2,(H,19,20). The summed E-state index contributed by atoms with van der Waals surface area (Å²) < 4.78 is 13.4. The number of rotatable bonds is 3. The number of nitrogens with one attached hydrogen (secondary N) is 1. The Morgan fingerprint density at radius 1 is 1.15 bits per heavy atom. The van der Waals surface area contributed by atoms with Crippen molar-refractivity contribution in [2.75, 3.05) is 11.1 Å². The Balaban J connectivity index is 1.81. The van der Waals surface area contributed by atoms with E-state index < -0.39 is 11.2 Å². The van der Waals surface area contributed by atoms with Gasteiger partial charge < -0.3 is 11.1 Å². The summed E-state index contributed by atoms with van der Waals surface area (Å²) in [5.41, 5.74) is 6.48. The number of anilines is 2. The minimum atomic E-state index is -0.521. The molecule has 0 atom stereocenters. The van der Waals surface area contributed by atoms with Crippen molar-refractivity contribution in [3.63, 3.8) is 0 Å². The zero-order valence-corrected chi connectivity index (χ0v) is 10.9. The highest BCUT2D eigenvalue weighted by atomic mass is 19.1. The molecule has 0 aliphatic heterocycles. The monoisotopic (exact) mass is 270 g/mol. The molecular formula is C16H15FN2O. The van der Waals surface area contributed by atoms with Crippen LogP contribution < -0.4 is 11.1 Å². The Hall–Kier alpha value is -2.36. The van der Waals surface area contributed by atoms with E-state index in [1.807, 2.05) is 30.3 Å². The first-order chi connectivity index (χ1) is 9.62. The minimum Gasteiger partial charge on any atom is -0.396 e. The van der Waals surface area contributed by atoms with Crippen LogP contribution in [0.2, 0.25) is 0 Å². The van der Waals surface area contributed by atoms with Crippen molar-refractivity contribution < 1.29 is 9.18 Å². The van der Waals surface area contributed by atoms with E-state index in [9.17, 15) is 9.18 Å². The normalized spacial score (nSPS) is 15.7. The van der Waals surface area contributed by atoms with Crippen LogP contribution in [0.15, 0.2) is 48.5 Å². The van der Waals surface area contributed by atoms with E-state index in [-0.39, 0.29) is 11.6 Å². The molecule has 1 aliphatic rings.